The van der Waals surface area contributed by atoms with Crippen LogP contribution in [-0.2, 0) is 4.79 Å². The van der Waals surface area contributed by atoms with E-state index in [1.54, 1.807) is 6.92 Å². The van der Waals surface area contributed by atoms with Crippen molar-refractivity contribution in [2.24, 2.45) is 0 Å². The molecule has 98 valence electrons. The zero-order chi connectivity index (χ0) is 12.8. The number of carbonyl (C=O) groups is 1. The van der Waals surface area contributed by atoms with Gasteiger partial charge in [-0.25, -0.2) is 0 Å². The number of nitrogens with zero attached hydrogens (tertiary/aromatic N) is 2. The fraction of sp³-hybridized carbons (Fsp3) is 0.500. The van der Waals surface area contributed by atoms with Crippen molar-refractivity contribution in [2.75, 3.05) is 39.3 Å². The molecule has 0 saturated carbocycles. The van der Waals surface area contributed by atoms with Crippen LogP contribution in [0.2, 0.25) is 0 Å². The number of ether oxygens (including phenoxy) is 1. The maximum atomic E-state index is 11.2. The minimum atomic E-state index is 0.176. The third-order valence-corrected chi connectivity index (χ3v) is 3.24. The molecule has 0 N–H and O–H groups in total. The highest BCUT2D eigenvalue weighted by molar-refractivity contribution is 5.73. The van der Waals surface area contributed by atoms with Crippen LogP contribution < -0.4 is 4.74 Å². The molecule has 1 fully saturated rings. The molecule has 0 spiro atoms. The molecule has 18 heavy (non-hydrogen) atoms. The van der Waals surface area contributed by atoms with Gasteiger partial charge in [-0.05, 0) is 12.1 Å². The van der Waals surface area contributed by atoms with Crippen LogP contribution in [0.1, 0.15) is 6.92 Å². The fourth-order valence-electron chi connectivity index (χ4n) is 2.10. The van der Waals surface area contributed by atoms with Gasteiger partial charge in [0.2, 0.25) is 5.91 Å². The maximum absolute atomic E-state index is 11.2. The van der Waals surface area contributed by atoms with Crippen molar-refractivity contribution >= 4 is 5.91 Å². The number of hydrogen-bond acceptors (Lipinski definition) is 3. The van der Waals surface area contributed by atoms with Crippen LogP contribution in [0.5, 0.6) is 5.75 Å². The Hall–Kier alpha value is -1.55. The molecular formula is C14H20N2O2. The second-order valence-corrected chi connectivity index (χ2v) is 4.51. The predicted octanol–water partition coefficient (Wildman–Crippen LogP) is 1.23. The first-order valence-electron chi connectivity index (χ1n) is 6.41. The molecule has 2 rings (SSSR count). The van der Waals surface area contributed by atoms with Crippen molar-refractivity contribution in [2.45, 2.75) is 6.92 Å². The summed E-state index contributed by atoms with van der Waals surface area (Å²) in [6.07, 6.45) is 0. The molecule has 4 heteroatoms. The van der Waals surface area contributed by atoms with Gasteiger partial charge in [0, 0.05) is 39.6 Å². The average molecular weight is 248 g/mol. The summed E-state index contributed by atoms with van der Waals surface area (Å²) in [4.78, 5) is 15.4. The number of rotatable bonds is 4. The Morgan fingerprint density at radius 2 is 1.83 bits per heavy atom. The third-order valence-electron chi connectivity index (χ3n) is 3.24. The van der Waals surface area contributed by atoms with Gasteiger partial charge in [0.05, 0.1) is 0 Å². The van der Waals surface area contributed by atoms with E-state index in [1.807, 2.05) is 35.2 Å². The van der Waals surface area contributed by atoms with Crippen LogP contribution in [0.3, 0.4) is 0 Å². The highest BCUT2D eigenvalue weighted by Gasteiger charge is 2.17. The standard InChI is InChI=1S/C14H20N2O2/c1-13(17)16-9-7-15(8-10-16)11-12-18-14-5-3-2-4-6-14/h2-6H,7-12H2,1H3. The molecular weight excluding hydrogens is 228 g/mol. The van der Waals surface area contributed by atoms with E-state index in [0.29, 0.717) is 6.61 Å². The summed E-state index contributed by atoms with van der Waals surface area (Å²) in [7, 11) is 0. The van der Waals surface area contributed by atoms with Gasteiger partial charge in [-0.1, -0.05) is 18.2 Å². The van der Waals surface area contributed by atoms with Gasteiger partial charge in [-0.15, -0.1) is 0 Å². The van der Waals surface area contributed by atoms with E-state index in [2.05, 4.69) is 4.90 Å². The number of amides is 1. The highest BCUT2D eigenvalue weighted by Crippen LogP contribution is 2.08. The highest BCUT2D eigenvalue weighted by atomic mass is 16.5. The van der Waals surface area contributed by atoms with Crippen molar-refractivity contribution in [1.82, 2.24) is 9.80 Å². The van der Waals surface area contributed by atoms with Crippen LogP contribution >= 0.6 is 0 Å². The van der Waals surface area contributed by atoms with Crippen molar-refractivity contribution in [3.05, 3.63) is 30.3 Å². The van der Waals surface area contributed by atoms with E-state index in [-0.39, 0.29) is 5.91 Å². The van der Waals surface area contributed by atoms with Gasteiger partial charge in [-0.3, -0.25) is 9.69 Å². The summed E-state index contributed by atoms with van der Waals surface area (Å²) in [5.74, 6) is 1.09. The van der Waals surface area contributed by atoms with Gasteiger partial charge in [0.1, 0.15) is 12.4 Å². The summed E-state index contributed by atoms with van der Waals surface area (Å²) in [6.45, 7) is 6.80. The summed E-state index contributed by atoms with van der Waals surface area (Å²) in [5.41, 5.74) is 0. The third kappa shape index (κ3) is 3.74. The SMILES string of the molecule is CC(=O)N1CCN(CCOc2ccccc2)CC1. The lowest BCUT2D eigenvalue weighted by Gasteiger charge is -2.34. The Kier molecular flexibility index (Phi) is 4.59. The Labute approximate surface area is 108 Å². The number of carbonyl (C=O) groups excluding carboxylic acids is 1. The summed E-state index contributed by atoms with van der Waals surface area (Å²) in [5, 5.41) is 0. The lowest BCUT2D eigenvalue weighted by Crippen LogP contribution is -2.48. The summed E-state index contributed by atoms with van der Waals surface area (Å²) < 4.78 is 5.66. The van der Waals surface area contributed by atoms with Crippen LogP contribution in [-0.4, -0.2) is 55.0 Å². The van der Waals surface area contributed by atoms with Crippen molar-refractivity contribution in [1.29, 1.82) is 0 Å². The number of hydrogen-bond donors (Lipinski definition) is 0. The maximum Gasteiger partial charge on any atom is 0.219 e. The normalized spacial score (nSPS) is 16.6. The Morgan fingerprint density at radius 3 is 2.44 bits per heavy atom. The van der Waals surface area contributed by atoms with Gasteiger partial charge in [-0.2, -0.15) is 0 Å². The Balaban J connectivity index is 1.65. The average Bonchev–Trinajstić information content (AvgIpc) is 2.40. The van der Waals surface area contributed by atoms with E-state index in [1.165, 1.54) is 0 Å². The molecule has 0 aromatic heterocycles. The Morgan fingerprint density at radius 1 is 1.17 bits per heavy atom. The van der Waals surface area contributed by atoms with Crippen molar-refractivity contribution in [3.8, 4) is 5.75 Å². The smallest absolute Gasteiger partial charge is 0.219 e. The monoisotopic (exact) mass is 248 g/mol. The lowest BCUT2D eigenvalue weighted by molar-refractivity contribution is -0.130. The molecule has 0 atom stereocenters. The molecule has 0 unspecified atom stereocenters. The first kappa shape index (κ1) is 12.9. The molecule has 0 aliphatic carbocycles. The Bertz CT molecular complexity index is 373. The first-order chi connectivity index (χ1) is 8.75. The topological polar surface area (TPSA) is 32.8 Å². The van der Waals surface area contributed by atoms with E-state index in [0.717, 1.165) is 38.5 Å². The van der Waals surface area contributed by atoms with Crippen LogP contribution in [0.4, 0.5) is 0 Å². The zero-order valence-corrected chi connectivity index (χ0v) is 10.8. The molecule has 1 aromatic carbocycles. The molecule has 1 aromatic rings. The second-order valence-electron chi connectivity index (χ2n) is 4.51. The van der Waals surface area contributed by atoms with Crippen LogP contribution in [0, 0.1) is 0 Å². The van der Waals surface area contributed by atoms with E-state index < -0.39 is 0 Å². The molecule has 4 nitrogen and oxygen atoms in total. The minimum absolute atomic E-state index is 0.176. The molecule has 0 radical (unpaired) electrons. The minimum Gasteiger partial charge on any atom is -0.492 e. The van der Waals surface area contributed by atoms with Gasteiger partial charge < -0.3 is 9.64 Å². The van der Waals surface area contributed by atoms with E-state index in [4.69, 9.17) is 4.74 Å². The van der Waals surface area contributed by atoms with E-state index in [9.17, 15) is 4.79 Å². The fourth-order valence-corrected chi connectivity index (χ4v) is 2.10. The molecule has 1 aliphatic rings. The van der Waals surface area contributed by atoms with Gasteiger partial charge in [0.15, 0.2) is 0 Å². The molecule has 0 bridgehead atoms. The zero-order valence-electron chi connectivity index (χ0n) is 10.8. The molecule has 1 aliphatic heterocycles. The largest absolute Gasteiger partial charge is 0.492 e. The van der Waals surface area contributed by atoms with Crippen LogP contribution in [0.25, 0.3) is 0 Å². The van der Waals surface area contributed by atoms with Gasteiger partial charge >= 0.3 is 0 Å². The first-order valence-corrected chi connectivity index (χ1v) is 6.41. The van der Waals surface area contributed by atoms with Crippen LogP contribution in [0.15, 0.2) is 30.3 Å². The molecule has 1 saturated heterocycles. The molecule has 1 heterocycles. The van der Waals surface area contributed by atoms with Gasteiger partial charge in [0.25, 0.3) is 0 Å². The number of piperazine rings is 1. The predicted molar refractivity (Wildman–Crippen MR) is 70.6 cm³/mol. The number of benzene rings is 1. The quantitative estimate of drug-likeness (QED) is 0.803. The van der Waals surface area contributed by atoms with Crippen molar-refractivity contribution < 1.29 is 9.53 Å². The summed E-state index contributed by atoms with van der Waals surface area (Å²) >= 11 is 0. The summed E-state index contributed by atoms with van der Waals surface area (Å²) in [6, 6.07) is 9.86. The van der Waals surface area contributed by atoms with E-state index >= 15 is 0 Å². The second kappa shape index (κ2) is 6.40. The van der Waals surface area contributed by atoms with Crippen molar-refractivity contribution in [3.63, 3.8) is 0 Å². The number of para-hydroxylation sites is 1. The molecule has 1 amide bonds. The lowest BCUT2D eigenvalue weighted by atomic mass is 10.3.